The quantitative estimate of drug-likeness (QED) is 0.825. The highest BCUT2D eigenvalue weighted by molar-refractivity contribution is 5.62. The molecule has 2 aromatic rings. The molecular weight excluding hydrogens is 326 g/mol. The molecule has 2 aliphatic heterocycles. The standard InChI is InChI=1S/C20H27N5O/c1-15-22-19(21-14-18-5-4-12-26-18)13-20(23-15)24-16-6-8-17(9-7-16)25-10-2-3-11-25/h6-9,13,18H,2-5,10-12,14H2,1H3,(H2,21,22,23,24). The first-order valence-corrected chi connectivity index (χ1v) is 9.59. The number of nitrogens with zero attached hydrogens (tertiary/aromatic N) is 3. The van der Waals surface area contributed by atoms with Gasteiger partial charge in [0.15, 0.2) is 0 Å². The minimum absolute atomic E-state index is 0.291. The van der Waals surface area contributed by atoms with Crippen LogP contribution in [0, 0.1) is 6.92 Å². The Morgan fingerprint density at radius 1 is 1.08 bits per heavy atom. The first-order valence-electron chi connectivity index (χ1n) is 9.59. The zero-order valence-corrected chi connectivity index (χ0v) is 15.4. The van der Waals surface area contributed by atoms with Crippen molar-refractivity contribution in [1.82, 2.24) is 9.97 Å². The van der Waals surface area contributed by atoms with Gasteiger partial charge in [-0.3, -0.25) is 0 Å². The fraction of sp³-hybridized carbons (Fsp3) is 0.500. The molecule has 0 amide bonds. The number of rotatable bonds is 6. The maximum absolute atomic E-state index is 5.66. The second-order valence-corrected chi connectivity index (χ2v) is 7.07. The number of nitrogens with one attached hydrogen (secondary N) is 2. The Bertz CT molecular complexity index is 721. The van der Waals surface area contributed by atoms with Gasteiger partial charge in [-0.25, -0.2) is 9.97 Å². The lowest BCUT2D eigenvalue weighted by Gasteiger charge is -2.18. The third-order valence-corrected chi connectivity index (χ3v) is 4.98. The maximum atomic E-state index is 5.66. The second-order valence-electron chi connectivity index (χ2n) is 7.07. The molecule has 1 atom stereocenters. The molecule has 2 N–H and O–H groups in total. The number of aryl methyl sites for hydroxylation is 1. The van der Waals surface area contributed by atoms with Gasteiger partial charge in [-0.2, -0.15) is 0 Å². The van der Waals surface area contributed by atoms with Crippen LogP contribution in [0.4, 0.5) is 23.0 Å². The summed E-state index contributed by atoms with van der Waals surface area (Å²) in [5.41, 5.74) is 2.34. The Hall–Kier alpha value is -2.34. The van der Waals surface area contributed by atoms with Crippen molar-refractivity contribution in [3.8, 4) is 0 Å². The topological polar surface area (TPSA) is 62.3 Å². The minimum Gasteiger partial charge on any atom is -0.376 e. The Balaban J connectivity index is 1.40. The molecule has 2 fully saturated rings. The van der Waals surface area contributed by atoms with Crippen molar-refractivity contribution in [3.05, 3.63) is 36.2 Å². The summed E-state index contributed by atoms with van der Waals surface area (Å²) in [4.78, 5) is 11.4. The van der Waals surface area contributed by atoms with Gasteiger partial charge in [0.05, 0.1) is 6.10 Å². The van der Waals surface area contributed by atoms with E-state index in [-0.39, 0.29) is 0 Å². The van der Waals surface area contributed by atoms with E-state index in [2.05, 4.69) is 49.8 Å². The summed E-state index contributed by atoms with van der Waals surface area (Å²) in [5, 5.41) is 6.77. The molecule has 2 aliphatic rings. The second kappa shape index (κ2) is 7.91. The van der Waals surface area contributed by atoms with E-state index in [1.165, 1.54) is 18.5 Å². The Labute approximate surface area is 155 Å². The highest BCUT2D eigenvalue weighted by atomic mass is 16.5. The first-order chi connectivity index (χ1) is 12.8. The maximum Gasteiger partial charge on any atom is 0.136 e. The molecule has 4 rings (SSSR count). The third kappa shape index (κ3) is 4.25. The normalized spacial score (nSPS) is 19.7. The lowest BCUT2D eigenvalue weighted by Crippen LogP contribution is -2.19. The van der Waals surface area contributed by atoms with E-state index < -0.39 is 0 Å². The van der Waals surface area contributed by atoms with Gasteiger partial charge in [-0.05, 0) is 56.9 Å². The smallest absolute Gasteiger partial charge is 0.136 e. The van der Waals surface area contributed by atoms with Gasteiger partial charge in [0.2, 0.25) is 0 Å². The number of hydrogen-bond donors (Lipinski definition) is 2. The molecule has 1 aromatic carbocycles. The Morgan fingerprint density at radius 2 is 1.85 bits per heavy atom. The summed E-state index contributed by atoms with van der Waals surface area (Å²) in [6.07, 6.45) is 5.14. The number of aromatic nitrogens is 2. The van der Waals surface area contributed by atoms with Crippen molar-refractivity contribution in [3.63, 3.8) is 0 Å². The largest absolute Gasteiger partial charge is 0.376 e. The lowest BCUT2D eigenvalue weighted by atomic mass is 10.2. The fourth-order valence-corrected chi connectivity index (χ4v) is 3.62. The predicted molar refractivity (Wildman–Crippen MR) is 105 cm³/mol. The van der Waals surface area contributed by atoms with Crippen molar-refractivity contribution >= 4 is 23.0 Å². The number of hydrogen-bond acceptors (Lipinski definition) is 6. The number of ether oxygens (including phenoxy) is 1. The van der Waals surface area contributed by atoms with Crippen LogP contribution in [0.1, 0.15) is 31.5 Å². The molecule has 0 spiro atoms. The van der Waals surface area contributed by atoms with Crippen molar-refractivity contribution in [2.45, 2.75) is 38.7 Å². The molecule has 0 aliphatic carbocycles. The van der Waals surface area contributed by atoms with Crippen LogP contribution < -0.4 is 15.5 Å². The summed E-state index contributed by atoms with van der Waals surface area (Å²) in [6.45, 7) is 5.91. The van der Waals surface area contributed by atoms with Crippen molar-refractivity contribution in [2.24, 2.45) is 0 Å². The first kappa shape index (κ1) is 17.1. The molecule has 3 heterocycles. The molecule has 138 valence electrons. The highest BCUT2D eigenvalue weighted by Crippen LogP contribution is 2.24. The van der Waals surface area contributed by atoms with Crippen LogP contribution in [0.2, 0.25) is 0 Å². The van der Waals surface area contributed by atoms with Gasteiger partial charge in [-0.15, -0.1) is 0 Å². The summed E-state index contributed by atoms with van der Waals surface area (Å²) in [5.74, 6) is 2.39. The number of benzene rings is 1. The Kier molecular flexibility index (Phi) is 5.20. The third-order valence-electron chi connectivity index (χ3n) is 4.98. The monoisotopic (exact) mass is 353 g/mol. The van der Waals surface area contributed by atoms with E-state index in [4.69, 9.17) is 4.74 Å². The van der Waals surface area contributed by atoms with E-state index >= 15 is 0 Å². The highest BCUT2D eigenvalue weighted by Gasteiger charge is 2.15. The molecule has 6 nitrogen and oxygen atoms in total. The Morgan fingerprint density at radius 3 is 2.58 bits per heavy atom. The van der Waals surface area contributed by atoms with E-state index in [0.29, 0.717) is 6.10 Å². The molecule has 0 bridgehead atoms. The zero-order chi connectivity index (χ0) is 17.8. The summed E-state index contributed by atoms with van der Waals surface area (Å²) < 4.78 is 5.66. The van der Waals surface area contributed by atoms with Gasteiger partial charge in [0, 0.05) is 43.7 Å². The van der Waals surface area contributed by atoms with Gasteiger partial charge in [0.1, 0.15) is 17.5 Å². The van der Waals surface area contributed by atoms with E-state index in [9.17, 15) is 0 Å². The summed E-state index contributed by atoms with van der Waals surface area (Å²) >= 11 is 0. The van der Waals surface area contributed by atoms with Crippen LogP contribution in [-0.2, 0) is 4.74 Å². The molecule has 2 saturated heterocycles. The van der Waals surface area contributed by atoms with Crippen molar-refractivity contribution in [2.75, 3.05) is 41.8 Å². The van der Waals surface area contributed by atoms with Gasteiger partial charge >= 0.3 is 0 Å². The van der Waals surface area contributed by atoms with Gasteiger partial charge in [-0.1, -0.05) is 0 Å². The van der Waals surface area contributed by atoms with Crippen LogP contribution in [0.15, 0.2) is 30.3 Å². The van der Waals surface area contributed by atoms with Crippen molar-refractivity contribution < 1.29 is 4.74 Å². The van der Waals surface area contributed by atoms with E-state index in [1.807, 2.05) is 13.0 Å². The average Bonchev–Trinajstić information content (AvgIpc) is 3.34. The fourth-order valence-electron chi connectivity index (χ4n) is 3.62. The van der Waals surface area contributed by atoms with Crippen LogP contribution in [0.3, 0.4) is 0 Å². The zero-order valence-electron chi connectivity index (χ0n) is 15.4. The molecule has 0 radical (unpaired) electrons. The molecular formula is C20H27N5O. The van der Waals surface area contributed by atoms with Crippen LogP contribution in [0.5, 0.6) is 0 Å². The minimum atomic E-state index is 0.291. The molecule has 6 heteroatoms. The van der Waals surface area contributed by atoms with Crippen LogP contribution in [-0.4, -0.2) is 42.3 Å². The average molecular weight is 353 g/mol. The van der Waals surface area contributed by atoms with Gasteiger partial charge in [0.25, 0.3) is 0 Å². The lowest BCUT2D eigenvalue weighted by molar-refractivity contribution is 0.120. The molecule has 26 heavy (non-hydrogen) atoms. The van der Waals surface area contributed by atoms with Gasteiger partial charge < -0.3 is 20.3 Å². The summed E-state index contributed by atoms with van der Waals surface area (Å²) in [7, 11) is 0. The predicted octanol–water partition coefficient (Wildman–Crippen LogP) is 3.72. The van der Waals surface area contributed by atoms with Crippen molar-refractivity contribution in [1.29, 1.82) is 0 Å². The van der Waals surface area contributed by atoms with E-state index in [0.717, 1.165) is 62.2 Å². The van der Waals surface area contributed by atoms with E-state index in [1.54, 1.807) is 0 Å². The van der Waals surface area contributed by atoms with Crippen LogP contribution >= 0.6 is 0 Å². The number of anilines is 4. The molecule has 1 unspecified atom stereocenters. The summed E-state index contributed by atoms with van der Waals surface area (Å²) in [6, 6.07) is 10.5. The molecule has 1 aromatic heterocycles. The molecule has 0 saturated carbocycles. The van der Waals surface area contributed by atoms with Crippen LogP contribution in [0.25, 0.3) is 0 Å². The SMILES string of the molecule is Cc1nc(NCC2CCCO2)cc(Nc2ccc(N3CCCC3)cc2)n1.